The zero-order chi connectivity index (χ0) is 32.8. The van der Waals surface area contributed by atoms with Gasteiger partial charge in [0.15, 0.2) is 0 Å². The molecule has 1 aromatic heterocycles. The molecule has 1 N–H and O–H groups in total. The maximum atomic E-state index is 12.0. The van der Waals surface area contributed by atoms with Crippen LogP contribution in [-0.4, -0.2) is 155 Å². The van der Waals surface area contributed by atoms with Gasteiger partial charge in [-0.2, -0.15) is 0 Å². The third kappa shape index (κ3) is 15.2. The predicted octanol–water partition coefficient (Wildman–Crippen LogP) is 0.341. The molecule has 2 aliphatic rings. The van der Waals surface area contributed by atoms with Crippen LogP contribution in [0.25, 0.3) is 0 Å². The van der Waals surface area contributed by atoms with E-state index in [1.165, 1.54) is 4.90 Å². The van der Waals surface area contributed by atoms with E-state index in [0.29, 0.717) is 117 Å². The second kappa shape index (κ2) is 22.7. The number of urea groups is 1. The van der Waals surface area contributed by atoms with Crippen molar-refractivity contribution in [3.8, 4) is 0 Å². The number of ether oxygens (including phenoxy) is 7. The Balaban J connectivity index is 0.974. The van der Waals surface area contributed by atoms with E-state index in [9.17, 15) is 14.4 Å². The van der Waals surface area contributed by atoms with E-state index in [4.69, 9.17) is 33.2 Å². The fraction of sp³-hybridized carbons (Fsp3) is 0.833. The van der Waals surface area contributed by atoms with E-state index in [0.717, 1.165) is 19.5 Å². The molecule has 2 aliphatic heterocycles. The van der Waals surface area contributed by atoms with Gasteiger partial charge in [-0.3, -0.25) is 14.5 Å². The van der Waals surface area contributed by atoms with Crippen molar-refractivity contribution in [2.45, 2.75) is 39.8 Å². The Hall–Kier alpha value is -2.73. The standard InChI is InChI=1S/C30H52N6O10/c1-25-3-5-34(22-25)30(39)31-4-7-40-9-11-42-13-15-44-17-19-46-20-18-45-16-14-43-12-10-41-8-6-35-23-27(32-33-35)24-36-28(37)21-26(2)29(36)38/h23,25-26H,3-22,24H2,1-2H3,(H,31,39)/t25-,26?/m1/s1. The second-order valence-corrected chi connectivity index (χ2v) is 11.3. The van der Waals surface area contributed by atoms with E-state index < -0.39 is 0 Å². The van der Waals surface area contributed by atoms with Crippen LogP contribution < -0.4 is 5.32 Å². The van der Waals surface area contributed by atoms with Gasteiger partial charge in [0.25, 0.3) is 0 Å². The molecule has 4 amide bonds. The first-order valence-electron chi connectivity index (χ1n) is 16.2. The van der Waals surface area contributed by atoms with Crippen LogP contribution in [0.15, 0.2) is 6.20 Å². The van der Waals surface area contributed by atoms with Gasteiger partial charge in [0.2, 0.25) is 11.8 Å². The molecule has 3 rings (SSSR count). The molecular formula is C30H52N6O10. The summed E-state index contributed by atoms with van der Waals surface area (Å²) in [7, 11) is 0. The molecule has 16 heteroatoms. The van der Waals surface area contributed by atoms with Gasteiger partial charge < -0.3 is 43.4 Å². The van der Waals surface area contributed by atoms with Crippen LogP contribution in [0.5, 0.6) is 0 Å². The number of nitrogens with zero attached hydrogens (tertiary/aromatic N) is 5. The molecule has 0 bridgehead atoms. The number of aromatic nitrogens is 3. The third-order valence-electron chi connectivity index (χ3n) is 7.31. The summed E-state index contributed by atoms with van der Waals surface area (Å²) < 4.78 is 40.1. The van der Waals surface area contributed by atoms with E-state index in [2.05, 4.69) is 22.6 Å². The van der Waals surface area contributed by atoms with Gasteiger partial charge in [0.1, 0.15) is 5.69 Å². The minimum Gasteiger partial charge on any atom is -0.377 e. The van der Waals surface area contributed by atoms with Crippen LogP contribution in [0, 0.1) is 11.8 Å². The maximum Gasteiger partial charge on any atom is 0.317 e. The minimum absolute atomic E-state index is 0.0127. The lowest BCUT2D eigenvalue weighted by Gasteiger charge is -2.16. The van der Waals surface area contributed by atoms with Crippen LogP contribution in [-0.2, 0) is 55.8 Å². The van der Waals surface area contributed by atoms with Crippen molar-refractivity contribution in [3.05, 3.63) is 11.9 Å². The topological polar surface area (TPSA) is 165 Å². The van der Waals surface area contributed by atoms with Gasteiger partial charge in [0.05, 0.1) is 112 Å². The highest BCUT2D eigenvalue weighted by Crippen LogP contribution is 2.20. The molecule has 3 heterocycles. The normalized spacial score (nSPS) is 18.3. The Morgan fingerprint density at radius 1 is 0.804 bits per heavy atom. The lowest BCUT2D eigenvalue weighted by molar-refractivity contribution is -0.140. The molecule has 0 saturated carbocycles. The monoisotopic (exact) mass is 656 g/mol. The zero-order valence-electron chi connectivity index (χ0n) is 27.4. The molecule has 1 unspecified atom stereocenters. The van der Waals surface area contributed by atoms with Gasteiger partial charge >= 0.3 is 6.03 Å². The number of likely N-dealkylation sites (tertiary alicyclic amines) is 2. The summed E-state index contributed by atoms with van der Waals surface area (Å²) in [5.41, 5.74) is 0.570. The fourth-order valence-electron chi connectivity index (χ4n) is 4.74. The zero-order valence-corrected chi connectivity index (χ0v) is 27.4. The number of amides is 4. The van der Waals surface area contributed by atoms with Gasteiger partial charge in [-0.1, -0.05) is 19.1 Å². The van der Waals surface area contributed by atoms with Gasteiger partial charge in [0, 0.05) is 32.0 Å². The summed E-state index contributed by atoms with van der Waals surface area (Å²) in [5.74, 6) is -0.0244. The smallest absolute Gasteiger partial charge is 0.317 e. The SMILES string of the molecule is CC1CC(=O)N(Cc2cn(CCOCCOCCOCCOCCOCCOCCOCCNC(=O)N3CC[C@@H](C)C3)nn2)C1=O. The highest BCUT2D eigenvalue weighted by atomic mass is 16.6. The molecule has 2 atom stereocenters. The Labute approximate surface area is 271 Å². The molecule has 2 saturated heterocycles. The second-order valence-electron chi connectivity index (χ2n) is 11.3. The average molecular weight is 657 g/mol. The Morgan fingerprint density at radius 3 is 1.80 bits per heavy atom. The highest BCUT2D eigenvalue weighted by Gasteiger charge is 2.35. The number of rotatable bonds is 26. The highest BCUT2D eigenvalue weighted by molar-refractivity contribution is 6.03. The molecule has 0 aromatic carbocycles. The number of carbonyl (C=O) groups excluding carboxylic acids is 3. The van der Waals surface area contributed by atoms with E-state index in [-0.39, 0.29) is 36.7 Å². The molecule has 46 heavy (non-hydrogen) atoms. The molecule has 0 spiro atoms. The summed E-state index contributed by atoms with van der Waals surface area (Å²) >= 11 is 0. The van der Waals surface area contributed by atoms with E-state index in [1.807, 2.05) is 4.90 Å². The first kappa shape index (κ1) is 37.7. The van der Waals surface area contributed by atoms with Crippen molar-refractivity contribution in [2.24, 2.45) is 11.8 Å². The number of nitrogens with one attached hydrogen (secondary N) is 1. The average Bonchev–Trinajstić information content (AvgIpc) is 3.75. The Bertz CT molecular complexity index is 1010. The van der Waals surface area contributed by atoms with Crippen LogP contribution in [0.2, 0.25) is 0 Å². The summed E-state index contributed by atoms with van der Waals surface area (Å²) in [6.45, 7) is 13.3. The lowest BCUT2D eigenvalue weighted by Crippen LogP contribution is -2.39. The van der Waals surface area contributed by atoms with Crippen LogP contribution in [0.4, 0.5) is 4.79 Å². The number of hydrogen-bond donors (Lipinski definition) is 1. The van der Waals surface area contributed by atoms with Crippen LogP contribution in [0.3, 0.4) is 0 Å². The van der Waals surface area contributed by atoms with Gasteiger partial charge in [-0.05, 0) is 12.3 Å². The maximum absolute atomic E-state index is 12.0. The van der Waals surface area contributed by atoms with Gasteiger partial charge in [-0.15, -0.1) is 5.10 Å². The molecule has 2 fully saturated rings. The molecule has 0 aliphatic carbocycles. The first-order chi connectivity index (χ1) is 22.4. The number of hydrogen-bond acceptors (Lipinski definition) is 12. The minimum atomic E-state index is -0.270. The number of imide groups is 1. The molecule has 16 nitrogen and oxygen atoms in total. The van der Waals surface area contributed by atoms with Crippen LogP contribution in [0.1, 0.15) is 32.4 Å². The summed E-state index contributed by atoms with van der Waals surface area (Å²) in [4.78, 5) is 39.0. The summed E-state index contributed by atoms with van der Waals surface area (Å²) in [6.07, 6.45) is 3.04. The summed E-state index contributed by atoms with van der Waals surface area (Å²) in [5, 5.41) is 10.9. The van der Waals surface area contributed by atoms with E-state index in [1.54, 1.807) is 17.8 Å². The fourth-order valence-corrected chi connectivity index (χ4v) is 4.74. The van der Waals surface area contributed by atoms with Crippen molar-refractivity contribution < 1.29 is 47.5 Å². The van der Waals surface area contributed by atoms with Crippen molar-refractivity contribution in [2.75, 3.05) is 112 Å². The molecule has 0 radical (unpaired) electrons. The van der Waals surface area contributed by atoms with Crippen molar-refractivity contribution in [1.82, 2.24) is 30.1 Å². The molecular weight excluding hydrogens is 604 g/mol. The lowest BCUT2D eigenvalue weighted by atomic mass is 10.1. The van der Waals surface area contributed by atoms with Crippen molar-refractivity contribution in [3.63, 3.8) is 0 Å². The number of carbonyl (C=O) groups is 3. The van der Waals surface area contributed by atoms with Crippen molar-refractivity contribution >= 4 is 17.8 Å². The van der Waals surface area contributed by atoms with E-state index >= 15 is 0 Å². The Morgan fingerprint density at radius 2 is 1.33 bits per heavy atom. The van der Waals surface area contributed by atoms with Gasteiger partial charge in [-0.25, -0.2) is 9.48 Å². The van der Waals surface area contributed by atoms with Crippen LogP contribution >= 0.6 is 0 Å². The molecule has 262 valence electrons. The predicted molar refractivity (Wildman–Crippen MR) is 164 cm³/mol. The third-order valence-corrected chi connectivity index (χ3v) is 7.31. The first-order valence-corrected chi connectivity index (χ1v) is 16.2. The molecule has 1 aromatic rings. The Kier molecular flexibility index (Phi) is 18.6. The largest absolute Gasteiger partial charge is 0.377 e. The quantitative estimate of drug-likeness (QED) is 0.108. The van der Waals surface area contributed by atoms with Crippen molar-refractivity contribution in [1.29, 1.82) is 0 Å². The summed E-state index contributed by atoms with van der Waals surface area (Å²) in [6, 6.07) is -0.0127.